The number of thiocarbonyl (C=S) groups is 1. The van der Waals surface area contributed by atoms with Gasteiger partial charge >= 0.3 is 0 Å². The second kappa shape index (κ2) is 3.53. The van der Waals surface area contributed by atoms with Crippen molar-refractivity contribution in [3.05, 3.63) is 23.4 Å². The quantitative estimate of drug-likeness (QED) is 0.741. The number of hydrogen-bond acceptors (Lipinski definition) is 3. The summed E-state index contributed by atoms with van der Waals surface area (Å²) in [5.74, 6) is 0.948. The lowest BCUT2D eigenvalue weighted by Gasteiger charge is -2.33. The molecular weight excluding hydrogens is 194 g/mol. The van der Waals surface area contributed by atoms with Gasteiger partial charge in [-0.3, -0.25) is 0 Å². The third kappa shape index (κ3) is 1.46. The Bertz CT molecular complexity index is 372. The maximum absolute atomic E-state index is 5.70. The van der Waals surface area contributed by atoms with Gasteiger partial charge in [0.05, 0.1) is 5.56 Å². The predicted molar refractivity (Wildman–Crippen MR) is 61.7 cm³/mol. The first kappa shape index (κ1) is 9.40. The number of aryl methyl sites for hydroxylation is 1. The topological polar surface area (TPSA) is 42.2 Å². The average Bonchev–Trinajstić information content (AvgIpc) is 1.99. The molecule has 0 saturated carbocycles. The summed E-state index contributed by atoms with van der Waals surface area (Å²) in [5, 5.41) is 0. The molecule has 0 spiro atoms. The minimum absolute atomic E-state index is 0.442. The van der Waals surface area contributed by atoms with Crippen molar-refractivity contribution in [2.24, 2.45) is 5.73 Å². The summed E-state index contributed by atoms with van der Waals surface area (Å²) in [6, 6.07) is 1.94. The Balaban J connectivity index is 2.46. The van der Waals surface area contributed by atoms with E-state index in [1.165, 1.54) is 6.42 Å². The second-order valence-corrected chi connectivity index (χ2v) is 3.97. The van der Waals surface area contributed by atoms with Crippen LogP contribution in [0.2, 0.25) is 0 Å². The van der Waals surface area contributed by atoms with Gasteiger partial charge in [-0.25, -0.2) is 4.98 Å². The smallest absolute Gasteiger partial charge is 0.139 e. The van der Waals surface area contributed by atoms with Crippen LogP contribution in [0.1, 0.15) is 17.5 Å². The molecule has 2 heterocycles. The Morgan fingerprint density at radius 1 is 1.57 bits per heavy atom. The SMILES string of the molecule is Cc1ccnc(N2CCC2)c1C(N)=S. The third-order valence-electron chi connectivity index (χ3n) is 2.54. The van der Waals surface area contributed by atoms with Gasteiger partial charge in [-0.1, -0.05) is 12.2 Å². The van der Waals surface area contributed by atoms with Crippen LogP contribution in [0.3, 0.4) is 0 Å². The van der Waals surface area contributed by atoms with E-state index in [0.29, 0.717) is 4.99 Å². The molecule has 0 atom stereocenters. The van der Waals surface area contributed by atoms with Crippen molar-refractivity contribution in [1.29, 1.82) is 0 Å². The highest BCUT2D eigenvalue weighted by molar-refractivity contribution is 7.80. The van der Waals surface area contributed by atoms with Gasteiger partial charge in [-0.15, -0.1) is 0 Å². The highest BCUT2D eigenvalue weighted by atomic mass is 32.1. The van der Waals surface area contributed by atoms with Gasteiger partial charge in [0.1, 0.15) is 10.8 Å². The van der Waals surface area contributed by atoms with Crippen LogP contribution in [0.25, 0.3) is 0 Å². The van der Waals surface area contributed by atoms with Crippen LogP contribution in [-0.4, -0.2) is 23.1 Å². The molecule has 1 aliphatic heterocycles. The van der Waals surface area contributed by atoms with E-state index < -0.39 is 0 Å². The summed E-state index contributed by atoms with van der Waals surface area (Å²) in [5.41, 5.74) is 7.74. The van der Waals surface area contributed by atoms with Crippen molar-refractivity contribution in [3.63, 3.8) is 0 Å². The maximum Gasteiger partial charge on any atom is 0.139 e. The first-order chi connectivity index (χ1) is 6.70. The predicted octanol–water partition coefficient (Wildman–Crippen LogP) is 1.23. The summed E-state index contributed by atoms with van der Waals surface area (Å²) in [7, 11) is 0. The highest BCUT2D eigenvalue weighted by Crippen LogP contribution is 2.24. The fourth-order valence-corrected chi connectivity index (χ4v) is 1.87. The van der Waals surface area contributed by atoms with E-state index in [2.05, 4.69) is 9.88 Å². The number of rotatable bonds is 2. The van der Waals surface area contributed by atoms with E-state index in [0.717, 1.165) is 30.0 Å². The first-order valence-corrected chi connectivity index (χ1v) is 5.11. The second-order valence-electron chi connectivity index (χ2n) is 3.53. The molecular formula is C10H13N3S. The molecule has 1 fully saturated rings. The Kier molecular flexibility index (Phi) is 2.37. The fraction of sp³-hybridized carbons (Fsp3) is 0.400. The van der Waals surface area contributed by atoms with Gasteiger partial charge in [0.15, 0.2) is 0 Å². The van der Waals surface area contributed by atoms with Gasteiger partial charge in [-0.2, -0.15) is 0 Å². The standard InChI is InChI=1S/C10H13N3S/c1-7-3-4-12-10(8(7)9(11)14)13-5-2-6-13/h3-4H,2,5-6H2,1H3,(H2,11,14). The Morgan fingerprint density at radius 3 is 2.79 bits per heavy atom. The molecule has 3 nitrogen and oxygen atoms in total. The van der Waals surface area contributed by atoms with E-state index in [9.17, 15) is 0 Å². The zero-order valence-corrected chi connectivity index (χ0v) is 8.97. The van der Waals surface area contributed by atoms with Crippen LogP contribution in [0.5, 0.6) is 0 Å². The molecule has 14 heavy (non-hydrogen) atoms. The van der Waals surface area contributed by atoms with E-state index in [1.54, 1.807) is 0 Å². The van der Waals surface area contributed by atoms with Gasteiger partial charge in [0.25, 0.3) is 0 Å². The van der Waals surface area contributed by atoms with Crippen LogP contribution in [0, 0.1) is 6.92 Å². The average molecular weight is 207 g/mol. The zero-order valence-electron chi connectivity index (χ0n) is 8.16. The molecule has 1 aliphatic rings. The summed E-state index contributed by atoms with van der Waals surface area (Å²) in [6.07, 6.45) is 3.04. The lowest BCUT2D eigenvalue weighted by Crippen LogP contribution is -2.39. The van der Waals surface area contributed by atoms with Crippen LogP contribution in [0.15, 0.2) is 12.3 Å². The van der Waals surface area contributed by atoms with Crippen LogP contribution in [0.4, 0.5) is 5.82 Å². The normalized spacial score (nSPS) is 15.1. The number of nitrogens with two attached hydrogens (primary N) is 1. The number of hydrogen-bond donors (Lipinski definition) is 1. The van der Waals surface area contributed by atoms with Crippen LogP contribution >= 0.6 is 12.2 Å². The van der Waals surface area contributed by atoms with Crippen molar-refractivity contribution < 1.29 is 0 Å². The van der Waals surface area contributed by atoms with Gasteiger partial charge in [-0.05, 0) is 25.0 Å². The van der Waals surface area contributed by atoms with Crippen molar-refractivity contribution in [2.75, 3.05) is 18.0 Å². The molecule has 0 unspecified atom stereocenters. The molecule has 4 heteroatoms. The molecule has 2 rings (SSSR count). The Hall–Kier alpha value is -1.16. The molecule has 2 N–H and O–H groups in total. The van der Waals surface area contributed by atoms with Gasteiger partial charge in [0, 0.05) is 19.3 Å². The van der Waals surface area contributed by atoms with E-state index in [4.69, 9.17) is 18.0 Å². The molecule has 0 bridgehead atoms. The van der Waals surface area contributed by atoms with Crippen LogP contribution in [-0.2, 0) is 0 Å². The lowest BCUT2D eigenvalue weighted by atomic mass is 10.1. The van der Waals surface area contributed by atoms with E-state index >= 15 is 0 Å². The minimum Gasteiger partial charge on any atom is -0.389 e. The third-order valence-corrected chi connectivity index (χ3v) is 2.75. The zero-order chi connectivity index (χ0) is 10.1. The minimum atomic E-state index is 0.442. The summed E-state index contributed by atoms with van der Waals surface area (Å²) >= 11 is 5.04. The Morgan fingerprint density at radius 2 is 2.29 bits per heavy atom. The molecule has 0 radical (unpaired) electrons. The van der Waals surface area contributed by atoms with Crippen LogP contribution < -0.4 is 10.6 Å². The van der Waals surface area contributed by atoms with Gasteiger partial charge < -0.3 is 10.6 Å². The molecule has 74 valence electrons. The van der Waals surface area contributed by atoms with E-state index in [-0.39, 0.29) is 0 Å². The number of anilines is 1. The van der Waals surface area contributed by atoms with Crippen molar-refractivity contribution in [3.8, 4) is 0 Å². The number of nitrogens with zero attached hydrogens (tertiary/aromatic N) is 2. The first-order valence-electron chi connectivity index (χ1n) is 4.70. The number of aromatic nitrogens is 1. The summed E-state index contributed by atoms with van der Waals surface area (Å²) in [6.45, 7) is 4.14. The van der Waals surface area contributed by atoms with Crippen molar-refractivity contribution >= 4 is 23.0 Å². The summed E-state index contributed by atoms with van der Waals surface area (Å²) < 4.78 is 0. The maximum atomic E-state index is 5.70. The fourth-order valence-electron chi connectivity index (χ4n) is 1.62. The number of pyridine rings is 1. The van der Waals surface area contributed by atoms with E-state index in [1.807, 2.05) is 19.2 Å². The summed E-state index contributed by atoms with van der Waals surface area (Å²) in [4.78, 5) is 6.99. The highest BCUT2D eigenvalue weighted by Gasteiger charge is 2.20. The molecule has 0 aliphatic carbocycles. The molecule has 1 aromatic heterocycles. The lowest BCUT2D eigenvalue weighted by molar-refractivity contribution is 0.609. The monoisotopic (exact) mass is 207 g/mol. The molecule has 0 amide bonds. The molecule has 1 saturated heterocycles. The molecule has 0 aromatic carbocycles. The van der Waals surface area contributed by atoms with Gasteiger partial charge in [0.2, 0.25) is 0 Å². The largest absolute Gasteiger partial charge is 0.389 e. The molecule has 1 aromatic rings. The van der Waals surface area contributed by atoms with Crippen molar-refractivity contribution in [2.45, 2.75) is 13.3 Å². The Labute approximate surface area is 88.9 Å². The van der Waals surface area contributed by atoms with Crippen molar-refractivity contribution in [1.82, 2.24) is 4.98 Å².